The van der Waals surface area contributed by atoms with Crippen LogP contribution in [0.2, 0.25) is 0 Å². The first-order valence-corrected chi connectivity index (χ1v) is 7.31. The number of nitrogens with one attached hydrogen (secondary N) is 1. The molecule has 1 saturated carbocycles. The molecule has 2 rings (SSSR count). The molecule has 0 aliphatic heterocycles. The number of hydrogen-bond acceptors (Lipinski definition) is 3. The van der Waals surface area contributed by atoms with E-state index in [4.69, 9.17) is 10.5 Å². The van der Waals surface area contributed by atoms with Crippen LogP contribution in [0, 0.1) is 0 Å². The van der Waals surface area contributed by atoms with Crippen LogP contribution in [0.3, 0.4) is 0 Å². The molecule has 1 fully saturated rings. The molecule has 1 aromatic carbocycles. The van der Waals surface area contributed by atoms with Gasteiger partial charge in [-0.2, -0.15) is 0 Å². The Morgan fingerprint density at radius 2 is 2.16 bits per heavy atom. The van der Waals surface area contributed by atoms with Gasteiger partial charge in [-0.25, -0.2) is 0 Å². The molecule has 0 saturated heterocycles. The number of ether oxygens (including phenoxy) is 1. The van der Waals surface area contributed by atoms with Crippen molar-refractivity contribution >= 4 is 21.8 Å². The second-order valence-electron chi connectivity index (χ2n) is 4.88. The maximum Gasteiger partial charge on any atom is 0.251 e. The average Bonchev–Trinajstić information content (AvgIpc) is 2.41. The fraction of sp³-hybridized carbons (Fsp3) is 0.500. The summed E-state index contributed by atoms with van der Waals surface area (Å²) in [6.07, 6.45) is 4.23. The van der Waals surface area contributed by atoms with Crippen LogP contribution in [-0.4, -0.2) is 25.1 Å². The van der Waals surface area contributed by atoms with Gasteiger partial charge in [0, 0.05) is 17.6 Å². The third-order valence-electron chi connectivity index (χ3n) is 3.55. The summed E-state index contributed by atoms with van der Waals surface area (Å²) < 4.78 is 5.92. The highest BCUT2D eigenvalue weighted by atomic mass is 79.9. The standard InChI is InChI=1S/C14H19BrN2O2/c1-19-13-7-6-9(8-10(13)15)14(18)17-12-5-3-2-4-11(12)16/h6-8,11-12H,2-5,16H2,1H3,(H,17,18). The largest absolute Gasteiger partial charge is 0.496 e. The van der Waals surface area contributed by atoms with Gasteiger partial charge in [0.15, 0.2) is 0 Å². The molecule has 0 radical (unpaired) electrons. The summed E-state index contributed by atoms with van der Waals surface area (Å²) in [4.78, 5) is 12.2. The predicted molar refractivity (Wildman–Crippen MR) is 78.4 cm³/mol. The second-order valence-corrected chi connectivity index (χ2v) is 5.73. The van der Waals surface area contributed by atoms with Crippen LogP contribution in [0.5, 0.6) is 5.75 Å². The Kier molecular flexibility index (Phi) is 4.82. The van der Waals surface area contributed by atoms with E-state index < -0.39 is 0 Å². The van der Waals surface area contributed by atoms with Crippen molar-refractivity contribution in [3.8, 4) is 5.75 Å². The summed E-state index contributed by atoms with van der Waals surface area (Å²) in [7, 11) is 1.60. The Hall–Kier alpha value is -1.07. The summed E-state index contributed by atoms with van der Waals surface area (Å²) in [5.41, 5.74) is 6.65. The van der Waals surface area contributed by atoms with E-state index in [1.165, 1.54) is 0 Å². The maximum absolute atomic E-state index is 12.2. The van der Waals surface area contributed by atoms with Gasteiger partial charge in [0.25, 0.3) is 5.91 Å². The van der Waals surface area contributed by atoms with E-state index in [-0.39, 0.29) is 18.0 Å². The van der Waals surface area contributed by atoms with Crippen LogP contribution >= 0.6 is 15.9 Å². The smallest absolute Gasteiger partial charge is 0.251 e. The van der Waals surface area contributed by atoms with E-state index in [1.54, 1.807) is 25.3 Å². The first-order chi connectivity index (χ1) is 9.11. The van der Waals surface area contributed by atoms with Crippen molar-refractivity contribution in [2.75, 3.05) is 7.11 Å². The third-order valence-corrected chi connectivity index (χ3v) is 4.17. The van der Waals surface area contributed by atoms with E-state index in [9.17, 15) is 4.79 Å². The van der Waals surface area contributed by atoms with Gasteiger partial charge in [0.1, 0.15) is 5.75 Å². The maximum atomic E-state index is 12.2. The molecule has 1 aliphatic rings. The molecule has 104 valence electrons. The van der Waals surface area contributed by atoms with E-state index in [0.717, 1.165) is 30.2 Å². The number of benzene rings is 1. The molecule has 0 aromatic heterocycles. The Bertz CT molecular complexity index is 465. The first kappa shape index (κ1) is 14.3. The number of nitrogens with two attached hydrogens (primary N) is 1. The minimum atomic E-state index is -0.0781. The van der Waals surface area contributed by atoms with Crippen molar-refractivity contribution in [2.45, 2.75) is 37.8 Å². The van der Waals surface area contributed by atoms with Gasteiger partial charge in [-0.3, -0.25) is 4.79 Å². The summed E-state index contributed by atoms with van der Waals surface area (Å²) in [5.74, 6) is 0.636. The van der Waals surface area contributed by atoms with Gasteiger partial charge in [-0.05, 0) is 47.0 Å². The zero-order chi connectivity index (χ0) is 13.8. The Labute approximate surface area is 121 Å². The van der Waals surface area contributed by atoms with Crippen LogP contribution in [0.4, 0.5) is 0 Å². The molecule has 5 heteroatoms. The summed E-state index contributed by atoms with van der Waals surface area (Å²) >= 11 is 3.38. The molecular weight excluding hydrogens is 308 g/mol. The van der Waals surface area contributed by atoms with Crippen LogP contribution < -0.4 is 15.8 Å². The molecule has 2 unspecified atom stereocenters. The molecule has 4 nitrogen and oxygen atoms in total. The molecule has 2 atom stereocenters. The highest BCUT2D eigenvalue weighted by molar-refractivity contribution is 9.10. The molecule has 3 N–H and O–H groups in total. The number of hydrogen-bond donors (Lipinski definition) is 2. The van der Waals surface area contributed by atoms with Crippen LogP contribution in [0.25, 0.3) is 0 Å². The van der Waals surface area contributed by atoms with Crippen molar-refractivity contribution in [1.29, 1.82) is 0 Å². The van der Waals surface area contributed by atoms with E-state index in [1.807, 2.05) is 0 Å². The Morgan fingerprint density at radius 1 is 1.42 bits per heavy atom. The normalized spacial score (nSPS) is 22.9. The lowest BCUT2D eigenvalue weighted by Gasteiger charge is -2.29. The van der Waals surface area contributed by atoms with Crippen molar-refractivity contribution in [2.24, 2.45) is 5.73 Å². The molecule has 1 amide bonds. The Balaban J connectivity index is 2.05. The van der Waals surface area contributed by atoms with Crippen LogP contribution in [-0.2, 0) is 0 Å². The number of rotatable bonds is 3. The lowest BCUT2D eigenvalue weighted by atomic mass is 9.91. The number of carbonyl (C=O) groups is 1. The number of methoxy groups -OCH3 is 1. The fourth-order valence-corrected chi connectivity index (χ4v) is 2.94. The van der Waals surface area contributed by atoms with Gasteiger partial charge in [0.2, 0.25) is 0 Å². The van der Waals surface area contributed by atoms with Gasteiger partial charge < -0.3 is 15.8 Å². The number of amides is 1. The molecule has 1 aliphatic carbocycles. The zero-order valence-corrected chi connectivity index (χ0v) is 12.6. The summed E-state index contributed by atoms with van der Waals surface area (Å²) in [6.45, 7) is 0. The second kappa shape index (κ2) is 6.39. The molecule has 0 heterocycles. The minimum absolute atomic E-state index is 0.0689. The van der Waals surface area contributed by atoms with Crippen LogP contribution in [0.1, 0.15) is 36.0 Å². The predicted octanol–water partition coefficient (Wildman–Crippen LogP) is 2.46. The fourth-order valence-electron chi connectivity index (χ4n) is 2.40. The highest BCUT2D eigenvalue weighted by Crippen LogP contribution is 2.25. The van der Waals surface area contributed by atoms with Crippen molar-refractivity contribution < 1.29 is 9.53 Å². The first-order valence-electron chi connectivity index (χ1n) is 6.52. The van der Waals surface area contributed by atoms with Crippen molar-refractivity contribution in [1.82, 2.24) is 5.32 Å². The quantitative estimate of drug-likeness (QED) is 0.896. The molecule has 1 aromatic rings. The highest BCUT2D eigenvalue weighted by Gasteiger charge is 2.23. The molecule has 0 spiro atoms. The molecular formula is C14H19BrN2O2. The third kappa shape index (κ3) is 3.48. The van der Waals surface area contributed by atoms with Crippen molar-refractivity contribution in [3.63, 3.8) is 0 Å². The van der Waals surface area contributed by atoms with Gasteiger partial charge in [0.05, 0.1) is 11.6 Å². The topological polar surface area (TPSA) is 64.3 Å². The summed E-state index contributed by atoms with van der Waals surface area (Å²) in [5, 5.41) is 3.02. The van der Waals surface area contributed by atoms with Gasteiger partial charge >= 0.3 is 0 Å². The lowest BCUT2D eigenvalue weighted by Crippen LogP contribution is -2.49. The van der Waals surface area contributed by atoms with E-state index >= 15 is 0 Å². The number of carbonyl (C=O) groups excluding carboxylic acids is 1. The lowest BCUT2D eigenvalue weighted by molar-refractivity contribution is 0.0921. The van der Waals surface area contributed by atoms with E-state index in [0.29, 0.717) is 11.3 Å². The van der Waals surface area contributed by atoms with E-state index in [2.05, 4.69) is 21.2 Å². The average molecular weight is 327 g/mol. The molecule has 0 bridgehead atoms. The Morgan fingerprint density at radius 3 is 2.79 bits per heavy atom. The summed E-state index contributed by atoms with van der Waals surface area (Å²) in [6, 6.07) is 5.46. The number of halogens is 1. The SMILES string of the molecule is COc1ccc(C(=O)NC2CCCCC2N)cc1Br. The molecule has 19 heavy (non-hydrogen) atoms. The van der Waals surface area contributed by atoms with Gasteiger partial charge in [-0.1, -0.05) is 12.8 Å². The minimum Gasteiger partial charge on any atom is -0.496 e. The van der Waals surface area contributed by atoms with Crippen molar-refractivity contribution in [3.05, 3.63) is 28.2 Å². The van der Waals surface area contributed by atoms with Crippen LogP contribution in [0.15, 0.2) is 22.7 Å². The zero-order valence-electron chi connectivity index (χ0n) is 11.0. The monoisotopic (exact) mass is 326 g/mol. The van der Waals surface area contributed by atoms with Gasteiger partial charge in [-0.15, -0.1) is 0 Å².